The lowest BCUT2D eigenvalue weighted by Crippen LogP contribution is -2.31. The lowest BCUT2D eigenvalue weighted by Gasteiger charge is -2.22. The molecule has 5 rings (SSSR count). The van der Waals surface area contributed by atoms with Crippen LogP contribution < -0.4 is 20.4 Å². The van der Waals surface area contributed by atoms with Gasteiger partial charge in [-0.05, 0) is 18.2 Å². The quantitative estimate of drug-likeness (QED) is 0.363. The molecular weight excluding hydrogens is 448 g/mol. The molecular formula is C25H23N6O4+. The molecule has 1 atom stereocenters. The molecule has 10 heteroatoms. The lowest BCUT2D eigenvalue weighted by molar-refractivity contribution is -0.116. The summed E-state index contributed by atoms with van der Waals surface area (Å²) in [5.74, 6) is 1.37. The second-order valence-corrected chi connectivity index (χ2v) is 8.03. The second-order valence-electron chi connectivity index (χ2n) is 8.03. The van der Waals surface area contributed by atoms with E-state index < -0.39 is 5.91 Å². The smallest absolute Gasteiger partial charge is 0.299 e. The molecule has 1 aliphatic heterocycles. The van der Waals surface area contributed by atoms with Crippen molar-refractivity contribution in [3.8, 4) is 28.4 Å². The monoisotopic (exact) mass is 471 g/mol. The van der Waals surface area contributed by atoms with Crippen molar-refractivity contribution in [2.75, 3.05) is 19.5 Å². The Kier molecular flexibility index (Phi) is 5.63. The van der Waals surface area contributed by atoms with Crippen molar-refractivity contribution in [1.29, 1.82) is 0 Å². The van der Waals surface area contributed by atoms with Crippen LogP contribution in [0.1, 0.15) is 6.42 Å². The highest BCUT2D eigenvalue weighted by Crippen LogP contribution is 2.38. The van der Waals surface area contributed by atoms with Gasteiger partial charge >= 0.3 is 0 Å². The molecule has 1 amide bonds. The molecule has 2 aromatic heterocycles. The van der Waals surface area contributed by atoms with E-state index in [1.807, 2.05) is 61.8 Å². The fourth-order valence-corrected chi connectivity index (χ4v) is 3.95. The first-order valence-electron chi connectivity index (χ1n) is 10.8. The average molecular weight is 471 g/mol. The summed E-state index contributed by atoms with van der Waals surface area (Å²) >= 11 is 0. The molecule has 10 nitrogen and oxygen atoms in total. The zero-order chi connectivity index (χ0) is 24.4. The van der Waals surface area contributed by atoms with Crippen LogP contribution in [-0.2, 0) is 4.79 Å². The van der Waals surface area contributed by atoms with Gasteiger partial charge in [0.15, 0.2) is 23.6 Å². The summed E-state index contributed by atoms with van der Waals surface area (Å²) in [6.45, 7) is 0. The zero-order valence-electron chi connectivity index (χ0n) is 19.1. The van der Waals surface area contributed by atoms with E-state index >= 15 is 0 Å². The second kappa shape index (κ2) is 8.92. The molecule has 0 spiro atoms. The van der Waals surface area contributed by atoms with Crippen molar-refractivity contribution in [3.63, 3.8) is 0 Å². The number of methoxy groups -OCH3 is 1. The minimum Gasteiger partial charge on any atom is -0.496 e. The van der Waals surface area contributed by atoms with E-state index in [1.54, 1.807) is 19.5 Å². The number of primary amides is 1. The van der Waals surface area contributed by atoms with Crippen LogP contribution >= 0.6 is 0 Å². The van der Waals surface area contributed by atoms with Gasteiger partial charge in [0, 0.05) is 23.9 Å². The first-order chi connectivity index (χ1) is 16.9. The predicted molar refractivity (Wildman–Crippen MR) is 132 cm³/mol. The molecule has 0 saturated carbocycles. The van der Waals surface area contributed by atoms with E-state index in [0.29, 0.717) is 29.0 Å². The number of ether oxygens (including phenoxy) is 1. The Morgan fingerprint density at radius 1 is 1.14 bits per heavy atom. The maximum Gasteiger partial charge on any atom is 0.299 e. The Balaban J connectivity index is 1.41. The summed E-state index contributed by atoms with van der Waals surface area (Å²) in [5.41, 5.74) is 9.15. The number of anilines is 2. The Morgan fingerprint density at radius 2 is 2.00 bits per heavy atom. The fraction of sp³-hybridized carbons (Fsp3) is 0.120. The molecule has 0 bridgehead atoms. The fourth-order valence-electron chi connectivity index (χ4n) is 3.95. The molecule has 0 radical (unpaired) electrons. The molecule has 3 heterocycles. The molecule has 0 aliphatic carbocycles. The number of para-hydroxylation sites is 1. The van der Waals surface area contributed by atoms with Gasteiger partial charge in [-0.1, -0.05) is 17.2 Å². The van der Waals surface area contributed by atoms with Gasteiger partial charge in [0.1, 0.15) is 24.7 Å². The summed E-state index contributed by atoms with van der Waals surface area (Å²) in [6.07, 6.45) is 8.45. The van der Waals surface area contributed by atoms with Crippen molar-refractivity contribution < 1.29 is 18.4 Å². The van der Waals surface area contributed by atoms with Crippen LogP contribution in [0, 0.1) is 0 Å². The van der Waals surface area contributed by atoms with E-state index in [-0.39, 0.29) is 11.0 Å². The van der Waals surface area contributed by atoms with Crippen LogP contribution in [0.3, 0.4) is 0 Å². The number of hydrogen-bond donors (Lipinski definition) is 2. The summed E-state index contributed by atoms with van der Waals surface area (Å²) in [6, 6.07) is 13.6. The molecule has 1 unspecified atom stereocenters. The summed E-state index contributed by atoms with van der Waals surface area (Å²) in [5, 5.41) is 7.84. The van der Waals surface area contributed by atoms with Crippen LogP contribution in [0.2, 0.25) is 0 Å². The van der Waals surface area contributed by atoms with E-state index in [1.165, 1.54) is 6.39 Å². The third-order valence-corrected chi connectivity index (χ3v) is 5.56. The van der Waals surface area contributed by atoms with E-state index in [2.05, 4.69) is 20.4 Å². The van der Waals surface area contributed by atoms with Crippen molar-refractivity contribution in [1.82, 2.24) is 14.6 Å². The van der Waals surface area contributed by atoms with Gasteiger partial charge in [-0.15, -0.1) is 4.59 Å². The standard InChI is InChI=1S/C25H22N6O4/c1-31(10-9-17(30-31)12-24(26)32)20-6-4-3-5-18(20)23-14-28-25(35-23)29-16-7-8-19(21(11-16)33-2)22-13-27-15-34-22/h3-11,13-15H,12H2,1-2H3,(H2-,26,28,29,32)/p+1. The number of benzene rings is 2. The molecule has 3 N–H and O–H groups in total. The first-order valence-corrected chi connectivity index (χ1v) is 10.8. The highest BCUT2D eigenvalue weighted by atomic mass is 16.5. The van der Waals surface area contributed by atoms with Crippen molar-refractivity contribution in [2.24, 2.45) is 10.8 Å². The largest absolute Gasteiger partial charge is 0.496 e. The Bertz CT molecular complexity index is 1440. The molecule has 176 valence electrons. The minimum atomic E-state index is -0.424. The van der Waals surface area contributed by atoms with Gasteiger partial charge in [0.05, 0.1) is 37.1 Å². The molecule has 2 aromatic carbocycles. The Labute approximate surface area is 200 Å². The number of carbonyl (C=O) groups is 1. The summed E-state index contributed by atoms with van der Waals surface area (Å²) in [7, 11) is 3.51. The topological polar surface area (TPSA) is 129 Å². The van der Waals surface area contributed by atoms with Gasteiger partial charge in [0.2, 0.25) is 5.91 Å². The van der Waals surface area contributed by atoms with Crippen molar-refractivity contribution in [2.45, 2.75) is 6.42 Å². The SMILES string of the molecule is COc1cc(Nc2ncc(-c3ccccc3[N+]3(C)C=CC(CC(N)=O)=N3)o2)ccc1-c1cnco1. The number of carbonyl (C=O) groups excluding carboxylic acids is 1. The third-order valence-electron chi connectivity index (χ3n) is 5.56. The molecule has 0 saturated heterocycles. The maximum atomic E-state index is 11.3. The van der Waals surface area contributed by atoms with Gasteiger partial charge in [0.25, 0.3) is 6.01 Å². The van der Waals surface area contributed by atoms with Gasteiger partial charge in [-0.3, -0.25) is 4.79 Å². The third kappa shape index (κ3) is 4.42. The van der Waals surface area contributed by atoms with E-state index in [0.717, 1.165) is 22.5 Å². The Hall–Kier alpha value is -4.70. The Morgan fingerprint density at radius 3 is 2.77 bits per heavy atom. The zero-order valence-corrected chi connectivity index (χ0v) is 19.1. The highest BCUT2D eigenvalue weighted by molar-refractivity contribution is 6.08. The minimum absolute atomic E-state index is 0.0849. The number of amides is 1. The first kappa shape index (κ1) is 22.1. The number of hydrogen-bond acceptors (Lipinski definition) is 8. The molecule has 4 aromatic rings. The number of nitrogens with one attached hydrogen (secondary N) is 1. The maximum absolute atomic E-state index is 11.3. The summed E-state index contributed by atoms with van der Waals surface area (Å²) in [4.78, 5) is 19.7. The lowest BCUT2D eigenvalue weighted by atomic mass is 10.1. The van der Waals surface area contributed by atoms with Crippen molar-refractivity contribution >= 4 is 29.0 Å². The molecule has 35 heavy (non-hydrogen) atoms. The van der Waals surface area contributed by atoms with Crippen LogP contribution in [0.4, 0.5) is 17.4 Å². The molecule has 0 fully saturated rings. The average Bonchev–Trinajstić information content (AvgIpc) is 3.61. The number of aromatic nitrogens is 2. The predicted octanol–water partition coefficient (Wildman–Crippen LogP) is 4.44. The number of quaternary nitrogens is 1. The van der Waals surface area contributed by atoms with E-state index in [9.17, 15) is 4.79 Å². The van der Waals surface area contributed by atoms with E-state index in [4.69, 9.17) is 19.3 Å². The van der Waals surface area contributed by atoms with Gasteiger partial charge in [-0.2, -0.15) is 0 Å². The van der Waals surface area contributed by atoms with Crippen LogP contribution in [0.25, 0.3) is 22.6 Å². The number of allylic oxidation sites excluding steroid dienone is 1. The van der Waals surface area contributed by atoms with Crippen LogP contribution in [-0.4, -0.2) is 35.7 Å². The number of oxazole rings is 2. The number of nitrogens with zero attached hydrogens (tertiary/aromatic N) is 4. The van der Waals surface area contributed by atoms with Crippen LogP contribution in [0.5, 0.6) is 5.75 Å². The number of rotatable bonds is 8. The highest BCUT2D eigenvalue weighted by Gasteiger charge is 2.32. The number of nitrogens with two attached hydrogens (primary N) is 1. The molecule has 1 aliphatic rings. The van der Waals surface area contributed by atoms with Gasteiger partial charge in [-0.25, -0.2) is 9.97 Å². The normalized spacial score (nSPS) is 16.8. The summed E-state index contributed by atoms with van der Waals surface area (Å²) < 4.78 is 17.1. The van der Waals surface area contributed by atoms with Gasteiger partial charge < -0.3 is 24.6 Å². The van der Waals surface area contributed by atoms with Crippen molar-refractivity contribution in [3.05, 3.63) is 73.5 Å². The van der Waals surface area contributed by atoms with Crippen LogP contribution in [0.15, 0.2) is 87.5 Å².